The molecule has 1 aliphatic heterocycles. The van der Waals surface area contributed by atoms with Gasteiger partial charge in [-0.25, -0.2) is 9.79 Å². The second kappa shape index (κ2) is 9.56. The molecule has 1 aliphatic rings. The number of carbonyl (C=O) groups excluding carboxylic acids is 1. The van der Waals surface area contributed by atoms with E-state index in [9.17, 15) is 14.9 Å². The fourth-order valence-corrected chi connectivity index (χ4v) is 3.50. The molecule has 0 saturated carbocycles. The number of nitro groups is 1. The molecule has 0 aliphatic carbocycles. The first-order chi connectivity index (χ1) is 13.2. The van der Waals surface area contributed by atoms with Crippen molar-refractivity contribution in [3.63, 3.8) is 0 Å². The summed E-state index contributed by atoms with van der Waals surface area (Å²) in [6, 6.07) is 5.25. The standard InChI is InChI=1S/C18H25N5O4S/c1-11(2)27-17(24)14-15(12-6-5-7-13(10-12)23(25)26)20-18(21-16(14)19)28-9-8-22(3)4/h5-7,10-11,15H,8-9,19H2,1-4H3,(H,20,21). The summed E-state index contributed by atoms with van der Waals surface area (Å²) in [4.78, 5) is 29.9. The summed E-state index contributed by atoms with van der Waals surface area (Å²) < 4.78 is 5.30. The van der Waals surface area contributed by atoms with Gasteiger partial charge in [0.2, 0.25) is 0 Å². The fraction of sp³-hybridized carbons (Fsp3) is 0.444. The summed E-state index contributed by atoms with van der Waals surface area (Å²) in [7, 11) is 3.94. The first-order valence-electron chi connectivity index (χ1n) is 8.76. The molecule has 0 fully saturated rings. The normalized spacial score (nSPS) is 16.8. The molecule has 1 atom stereocenters. The molecule has 1 aromatic carbocycles. The van der Waals surface area contributed by atoms with Gasteiger partial charge in [0, 0.05) is 24.4 Å². The van der Waals surface area contributed by atoms with Crippen LogP contribution in [0.5, 0.6) is 0 Å². The monoisotopic (exact) mass is 407 g/mol. The summed E-state index contributed by atoms with van der Waals surface area (Å²) in [5, 5.41) is 14.7. The second-order valence-corrected chi connectivity index (χ2v) is 7.83. The number of carbonyl (C=O) groups is 1. The molecule has 2 rings (SSSR count). The van der Waals surface area contributed by atoms with E-state index < -0.39 is 16.9 Å². The van der Waals surface area contributed by atoms with E-state index in [1.54, 1.807) is 26.0 Å². The second-order valence-electron chi connectivity index (χ2n) is 6.75. The Labute approximate surface area is 168 Å². The largest absolute Gasteiger partial charge is 0.459 e. The van der Waals surface area contributed by atoms with Crippen LogP contribution in [-0.2, 0) is 9.53 Å². The van der Waals surface area contributed by atoms with Gasteiger partial charge in [-0.2, -0.15) is 0 Å². The molecule has 0 amide bonds. The molecule has 1 unspecified atom stereocenters. The zero-order valence-electron chi connectivity index (χ0n) is 16.3. The predicted octanol–water partition coefficient (Wildman–Crippen LogP) is 2.01. The zero-order chi connectivity index (χ0) is 20.8. The van der Waals surface area contributed by atoms with Gasteiger partial charge in [0.1, 0.15) is 17.4 Å². The number of thioether (sulfide) groups is 1. The number of benzene rings is 1. The third kappa shape index (κ3) is 5.70. The van der Waals surface area contributed by atoms with Gasteiger partial charge in [0.15, 0.2) is 5.17 Å². The van der Waals surface area contributed by atoms with Gasteiger partial charge >= 0.3 is 5.97 Å². The zero-order valence-corrected chi connectivity index (χ0v) is 17.2. The molecule has 10 heteroatoms. The van der Waals surface area contributed by atoms with Crippen LogP contribution in [0.2, 0.25) is 0 Å². The van der Waals surface area contributed by atoms with E-state index in [1.165, 1.54) is 23.9 Å². The van der Waals surface area contributed by atoms with Crippen LogP contribution in [0.25, 0.3) is 0 Å². The molecule has 9 nitrogen and oxygen atoms in total. The van der Waals surface area contributed by atoms with Crippen LogP contribution in [0.3, 0.4) is 0 Å². The number of hydrogen-bond acceptors (Lipinski definition) is 9. The molecule has 0 bridgehead atoms. The Kier molecular flexibility index (Phi) is 7.41. The molecule has 0 saturated heterocycles. The van der Waals surface area contributed by atoms with E-state index in [-0.39, 0.29) is 23.2 Å². The maximum absolute atomic E-state index is 12.6. The van der Waals surface area contributed by atoms with Crippen molar-refractivity contribution in [3.8, 4) is 0 Å². The Morgan fingerprint density at radius 1 is 1.46 bits per heavy atom. The minimum Gasteiger partial charge on any atom is -0.459 e. The smallest absolute Gasteiger partial charge is 0.340 e. The van der Waals surface area contributed by atoms with Crippen molar-refractivity contribution in [1.29, 1.82) is 0 Å². The van der Waals surface area contributed by atoms with Crippen molar-refractivity contribution in [3.05, 3.63) is 51.3 Å². The third-order valence-electron chi connectivity index (χ3n) is 3.79. The van der Waals surface area contributed by atoms with E-state index in [4.69, 9.17) is 10.5 Å². The van der Waals surface area contributed by atoms with Crippen molar-refractivity contribution in [1.82, 2.24) is 10.2 Å². The molecular formula is C18H25N5O4S. The molecule has 3 N–H and O–H groups in total. The topological polar surface area (TPSA) is 123 Å². The lowest BCUT2D eigenvalue weighted by Crippen LogP contribution is -2.36. The molecule has 1 heterocycles. The van der Waals surface area contributed by atoms with Crippen LogP contribution in [0.15, 0.2) is 40.7 Å². The van der Waals surface area contributed by atoms with Gasteiger partial charge in [-0.3, -0.25) is 10.1 Å². The number of rotatable bonds is 7. The van der Waals surface area contributed by atoms with E-state index in [2.05, 4.69) is 10.3 Å². The molecule has 28 heavy (non-hydrogen) atoms. The molecule has 0 aromatic heterocycles. The Bertz CT molecular complexity index is 807. The number of nitrogens with zero attached hydrogens (tertiary/aromatic N) is 3. The molecule has 1 aromatic rings. The summed E-state index contributed by atoms with van der Waals surface area (Å²) in [5.41, 5.74) is 6.70. The lowest BCUT2D eigenvalue weighted by molar-refractivity contribution is -0.384. The van der Waals surface area contributed by atoms with Crippen molar-refractivity contribution in [2.24, 2.45) is 10.7 Å². The van der Waals surface area contributed by atoms with Gasteiger partial charge < -0.3 is 20.7 Å². The number of nitro benzene ring substituents is 1. The number of hydrogen-bond donors (Lipinski definition) is 2. The number of non-ortho nitro benzene ring substituents is 1. The highest BCUT2D eigenvalue weighted by molar-refractivity contribution is 8.13. The summed E-state index contributed by atoms with van der Waals surface area (Å²) in [6.45, 7) is 4.30. The number of esters is 1. The van der Waals surface area contributed by atoms with E-state index in [1.807, 2.05) is 19.0 Å². The van der Waals surface area contributed by atoms with Crippen LogP contribution in [0.4, 0.5) is 5.69 Å². The summed E-state index contributed by atoms with van der Waals surface area (Å²) in [6.07, 6.45) is -0.335. The molecule has 152 valence electrons. The summed E-state index contributed by atoms with van der Waals surface area (Å²) >= 11 is 1.46. The quantitative estimate of drug-likeness (QED) is 0.400. The average molecular weight is 407 g/mol. The maximum Gasteiger partial charge on any atom is 0.340 e. The van der Waals surface area contributed by atoms with Crippen molar-refractivity contribution in [2.45, 2.75) is 26.0 Å². The minimum atomic E-state index is -0.783. The Morgan fingerprint density at radius 3 is 2.79 bits per heavy atom. The molecular weight excluding hydrogens is 382 g/mol. The summed E-state index contributed by atoms with van der Waals surface area (Å²) in [5.74, 6) is 0.307. The molecule has 0 spiro atoms. The maximum atomic E-state index is 12.6. The highest BCUT2D eigenvalue weighted by Crippen LogP contribution is 2.33. The van der Waals surface area contributed by atoms with Crippen molar-refractivity contribution in [2.75, 3.05) is 26.4 Å². The number of amidine groups is 1. The van der Waals surface area contributed by atoms with Gasteiger partial charge in [-0.15, -0.1) is 0 Å². The number of aliphatic imine (C=N–C) groups is 1. The van der Waals surface area contributed by atoms with Gasteiger partial charge in [0.25, 0.3) is 5.69 Å². The van der Waals surface area contributed by atoms with Crippen LogP contribution >= 0.6 is 11.8 Å². The van der Waals surface area contributed by atoms with Gasteiger partial charge in [0.05, 0.1) is 11.0 Å². The van der Waals surface area contributed by atoms with Gasteiger partial charge in [-0.1, -0.05) is 23.9 Å². The average Bonchev–Trinajstić information content (AvgIpc) is 2.60. The highest BCUT2D eigenvalue weighted by atomic mass is 32.2. The van der Waals surface area contributed by atoms with Crippen molar-refractivity contribution >= 4 is 28.6 Å². The Balaban J connectivity index is 2.40. The first-order valence-corrected chi connectivity index (χ1v) is 9.75. The predicted molar refractivity (Wildman–Crippen MR) is 110 cm³/mol. The SMILES string of the molecule is CC(C)OC(=O)C1=C(N)NC(SCCN(C)C)=NC1c1cccc([N+](=O)[O-])c1. The van der Waals surface area contributed by atoms with Crippen LogP contribution in [0, 0.1) is 10.1 Å². The first kappa shape index (κ1) is 21.7. The van der Waals surface area contributed by atoms with Crippen LogP contribution in [-0.4, -0.2) is 53.5 Å². The Morgan fingerprint density at radius 2 is 2.18 bits per heavy atom. The van der Waals surface area contributed by atoms with Gasteiger partial charge in [-0.05, 0) is 33.5 Å². The minimum absolute atomic E-state index is 0.0804. The van der Waals surface area contributed by atoms with E-state index >= 15 is 0 Å². The van der Waals surface area contributed by atoms with Crippen LogP contribution < -0.4 is 11.1 Å². The number of nitrogens with one attached hydrogen (secondary N) is 1. The Hall–Kier alpha value is -2.59. The molecule has 0 radical (unpaired) electrons. The van der Waals surface area contributed by atoms with Crippen LogP contribution in [0.1, 0.15) is 25.5 Å². The number of ether oxygens (including phenoxy) is 1. The van der Waals surface area contributed by atoms with E-state index in [0.29, 0.717) is 10.7 Å². The lowest BCUT2D eigenvalue weighted by atomic mass is 9.97. The number of nitrogens with two attached hydrogens (primary N) is 1. The van der Waals surface area contributed by atoms with Crippen molar-refractivity contribution < 1.29 is 14.5 Å². The highest BCUT2D eigenvalue weighted by Gasteiger charge is 2.32. The fourth-order valence-electron chi connectivity index (χ4n) is 2.49. The lowest BCUT2D eigenvalue weighted by Gasteiger charge is -2.26. The third-order valence-corrected chi connectivity index (χ3v) is 4.66. The van der Waals surface area contributed by atoms with E-state index in [0.717, 1.165) is 12.3 Å².